The second kappa shape index (κ2) is 6.09. The van der Waals surface area contributed by atoms with Crippen LogP contribution in [0.3, 0.4) is 0 Å². The van der Waals surface area contributed by atoms with Crippen molar-refractivity contribution >= 4 is 23.2 Å². The van der Waals surface area contributed by atoms with Crippen LogP contribution in [0.25, 0.3) is 5.65 Å². The molecule has 3 aromatic rings. The summed E-state index contributed by atoms with van der Waals surface area (Å²) in [6.45, 7) is 0.956. The molecule has 128 valence electrons. The van der Waals surface area contributed by atoms with Gasteiger partial charge in [0.25, 0.3) is 5.91 Å². The van der Waals surface area contributed by atoms with E-state index >= 15 is 0 Å². The first-order valence-corrected chi connectivity index (χ1v) is 8.38. The van der Waals surface area contributed by atoms with E-state index in [1.165, 1.54) is 4.52 Å². The quantitative estimate of drug-likeness (QED) is 0.757. The molecule has 1 aromatic carbocycles. The number of carbonyl (C=O) groups excluding carboxylic acids is 1. The van der Waals surface area contributed by atoms with Crippen molar-refractivity contribution in [2.45, 2.75) is 18.4 Å². The lowest BCUT2D eigenvalue weighted by molar-refractivity contribution is -0.0211. The van der Waals surface area contributed by atoms with Crippen LogP contribution in [0.1, 0.15) is 28.8 Å². The minimum atomic E-state index is -0.929. The molecule has 8 heteroatoms. The van der Waals surface area contributed by atoms with E-state index < -0.39 is 5.60 Å². The van der Waals surface area contributed by atoms with Crippen molar-refractivity contribution in [2.24, 2.45) is 0 Å². The number of fused-ring (bicyclic) bond motifs is 1. The number of carbonyl (C=O) groups is 1. The summed E-state index contributed by atoms with van der Waals surface area (Å²) in [5.41, 5.74) is 1.02. The van der Waals surface area contributed by atoms with Gasteiger partial charge in [0.2, 0.25) is 0 Å². The molecular formula is C17H16ClN5O2. The Morgan fingerprint density at radius 2 is 1.84 bits per heavy atom. The van der Waals surface area contributed by atoms with Crippen molar-refractivity contribution in [2.75, 3.05) is 13.1 Å². The van der Waals surface area contributed by atoms with Crippen molar-refractivity contribution in [3.63, 3.8) is 0 Å². The number of hydrogen-bond acceptors (Lipinski definition) is 5. The van der Waals surface area contributed by atoms with E-state index in [0.717, 1.165) is 5.56 Å². The average molecular weight is 358 g/mol. The van der Waals surface area contributed by atoms with Gasteiger partial charge < -0.3 is 10.0 Å². The standard InChI is InChI=1S/C17H16ClN5O2/c18-14-4-2-13(3-5-14)17(25)7-9-22(10-8-17)16(24)12-1-6-15-19-20-21-23(15)11-12/h1-6,11,25H,7-10H2. The first kappa shape index (κ1) is 16.0. The van der Waals surface area contributed by atoms with E-state index in [1.54, 1.807) is 35.4 Å². The molecule has 1 fully saturated rings. The normalized spacial score (nSPS) is 17.0. The molecule has 1 aliphatic heterocycles. The van der Waals surface area contributed by atoms with Crippen LogP contribution in [0, 0.1) is 0 Å². The summed E-state index contributed by atoms with van der Waals surface area (Å²) in [6, 6.07) is 10.6. The summed E-state index contributed by atoms with van der Waals surface area (Å²) in [6.07, 6.45) is 2.58. The number of aromatic nitrogens is 4. The number of rotatable bonds is 2. The number of likely N-dealkylation sites (tertiary alicyclic amines) is 1. The molecule has 0 unspecified atom stereocenters. The molecule has 1 aliphatic rings. The third-order valence-electron chi connectivity index (χ3n) is 4.70. The minimum Gasteiger partial charge on any atom is -0.385 e. The highest BCUT2D eigenvalue weighted by Gasteiger charge is 2.35. The van der Waals surface area contributed by atoms with Gasteiger partial charge in [0.15, 0.2) is 5.65 Å². The molecule has 0 radical (unpaired) electrons. The Kier molecular flexibility index (Phi) is 3.89. The van der Waals surface area contributed by atoms with Crippen molar-refractivity contribution in [3.8, 4) is 0 Å². The summed E-state index contributed by atoms with van der Waals surface area (Å²) >= 11 is 5.91. The maximum atomic E-state index is 12.7. The fraction of sp³-hybridized carbons (Fsp3) is 0.294. The first-order chi connectivity index (χ1) is 12.0. The summed E-state index contributed by atoms with van der Waals surface area (Å²) in [7, 11) is 0. The lowest BCUT2D eigenvalue weighted by Gasteiger charge is -2.38. The number of piperidine rings is 1. The maximum absolute atomic E-state index is 12.7. The molecule has 4 rings (SSSR count). The molecule has 25 heavy (non-hydrogen) atoms. The third-order valence-corrected chi connectivity index (χ3v) is 4.95. The van der Waals surface area contributed by atoms with E-state index in [9.17, 15) is 9.90 Å². The Bertz CT molecular complexity index is 916. The van der Waals surface area contributed by atoms with Crippen LogP contribution < -0.4 is 0 Å². The highest BCUT2D eigenvalue weighted by molar-refractivity contribution is 6.30. The number of benzene rings is 1. The van der Waals surface area contributed by atoms with Gasteiger partial charge in [-0.1, -0.05) is 23.7 Å². The van der Waals surface area contributed by atoms with Crippen molar-refractivity contribution in [3.05, 3.63) is 58.7 Å². The van der Waals surface area contributed by atoms with Crippen molar-refractivity contribution in [1.82, 2.24) is 24.9 Å². The molecule has 0 bridgehead atoms. The Morgan fingerprint density at radius 1 is 1.12 bits per heavy atom. The van der Waals surface area contributed by atoms with Gasteiger partial charge in [0, 0.05) is 24.3 Å². The van der Waals surface area contributed by atoms with Gasteiger partial charge in [-0.15, -0.1) is 5.10 Å². The molecule has 0 atom stereocenters. The highest BCUT2D eigenvalue weighted by Crippen LogP contribution is 2.33. The monoisotopic (exact) mass is 357 g/mol. The number of halogens is 1. The van der Waals surface area contributed by atoms with Crippen molar-refractivity contribution < 1.29 is 9.90 Å². The Labute approximate surface area is 148 Å². The Balaban J connectivity index is 1.49. The fourth-order valence-electron chi connectivity index (χ4n) is 3.18. The lowest BCUT2D eigenvalue weighted by atomic mass is 9.84. The second-order valence-corrected chi connectivity index (χ2v) is 6.67. The zero-order valence-electron chi connectivity index (χ0n) is 13.3. The summed E-state index contributed by atoms with van der Waals surface area (Å²) < 4.78 is 1.47. The molecular weight excluding hydrogens is 342 g/mol. The number of pyridine rings is 1. The number of hydrogen-bond donors (Lipinski definition) is 1. The molecule has 0 spiro atoms. The second-order valence-electron chi connectivity index (χ2n) is 6.23. The molecule has 1 saturated heterocycles. The number of nitrogens with zero attached hydrogens (tertiary/aromatic N) is 5. The largest absolute Gasteiger partial charge is 0.385 e. The van der Waals surface area contributed by atoms with Crippen LogP contribution in [-0.2, 0) is 5.60 Å². The maximum Gasteiger partial charge on any atom is 0.255 e. The molecule has 0 aliphatic carbocycles. The van der Waals surface area contributed by atoms with Crippen LogP contribution >= 0.6 is 11.6 Å². The highest BCUT2D eigenvalue weighted by atomic mass is 35.5. The van der Waals surface area contributed by atoms with Gasteiger partial charge in [0.1, 0.15) is 0 Å². The van der Waals surface area contributed by atoms with Crippen LogP contribution in [0.15, 0.2) is 42.6 Å². The Morgan fingerprint density at radius 3 is 2.56 bits per heavy atom. The van der Waals surface area contributed by atoms with Crippen LogP contribution in [0.5, 0.6) is 0 Å². The molecule has 0 saturated carbocycles. The molecule has 7 nitrogen and oxygen atoms in total. The van der Waals surface area contributed by atoms with Crippen molar-refractivity contribution in [1.29, 1.82) is 0 Å². The molecule has 1 amide bonds. The summed E-state index contributed by atoms with van der Waals surface area (Å²) in [4.78, 5) is 14.4. The third kappa shape index (κ3) is 2.96. The molecule has 1 N–H and O–H groups in total. The van der Waals surface area contributed by atoms with Gasteiger partial charge in [-0.3, -0.25) is 4.79 Å². The number of tetrazole rings is 1. The lowest BCUT2D eigenvalue weighted by Crippen LogP contribution is -2.45. The number of amides is 1. The van der Waals surface area contributed by atoms with E-state index in [2.05, 4.69) is 15.5 Å². The topological polar surface area (TPSA) is 83.6 Å². The van der Waals surface area contributed by atoms with Gasteiger partial charge in [-0.05, 0) is 53.1 Å². The van der Waals surface area contributed by atoms with Crippen LogP contribution in [-0.4, -0.2) is 49.0 Å². The predicted molar refractivity (Wildman–Crippen MR) is 91.3 cm³/mol. The van der Waals surface area contributed by atoms with Gasteiger partial charge in [-0.25, -0.2) is 0 Å². The van der Waals surface area contributed by atoms with Crippen LogP contribution in [0.2, 0.25) is 5.02 Å². The first-order valence-electron chi connectivity index (χ1n) is 8.01. The summed E-state index contributed by atoms with van der Waals surface area (Å²) in [5, 5.41) is 22.7. The van der Waals surface area contributed by atoms with Crippen LogP contribution in [0.4, 0.5) is 0 Å². The van der Waals surface area contributed by atoms with Gasteiger partial charge in [-0.2, -0.15) is 4.52 Å². The fourth-order valence-corrected chi connectivity index (χ4v) is 3.30. The predicted octanol–water partition coefficient (Wildman–Crippen LogP) is 1.90. The Hall–Kier alpha value is -2.51. The van der Waals surface area contributed by atoms with E-state index in [0.29, 0.717) is 42.2 Å². The SMILES string of the molecule is O=C(c1ccc2nnnn2c1)N1CCC(O)(c2ccc(Cl)cc2)CC1. The molecule has 3 heterocycles. The van der Waals surface area contributed by atoms with E-state index in [1.807, 2.05) is 12.1 Å². The zero-order chi connectivity index (χ0) is 17.4. The average Bonchev–Trinajstić information content (AvgIpc) is 3.10. The van der Waals surface area contributed by atoms with Gasteiger partial charge >= 0.3 is 0 Å². The minimum absolute atomic E-state index is 0.0874. The van der Waals surface area contributed by atoms with E-state index in [4.69, 9.17) is 11.6 Å². The smallest absolute Gasteiger partial charge is 0.255 e. The zero-order valence-corrected chi connectivity index (χ0v) is 14.1. The molecule has 2 aromatic heterocycles. The van der Waals surface area contributed by atoms with E-state index in [-0.39, 0.29) is 5.91 Å². The number of aliphatic hydroxyl groups is 1. The summed E-state index contributed by atoms with van der Waals surface area (Å²) in [5.74, 6) is -0.0874. The van der Waals surface area contributed by atoms with Gasteiger partial charge in [0.05, 0.1) is 11.2 Å².